The number of ether oxygens (including phenoxy) is 1. The van der Waals surface area contributed by atoms with Gasteiger partial charge < -0.3 is 15.4 Å². The van der Waals surface area contributed by atoms with E-state index >= 15 is 0 Å². The molecule has 5 heteroatoms. The van der Waals surface area contributed by atoms with E-state index in [0.29, 0.717) is 0 Å². The summed E-state index contributed by atoms with van der Waals surface area (Å²) in [6.45, 7) is 5.71. The summed E-state index contributed by atoms with van der Waals surface area (Å²) in [6.07, 6.45) is 0. The van der Waals surface area contributed by atoms with Gasteiger partial charge in [0.15, 0.2) is 0 Å². The van der Waals surface area contributed by atoms with Crippen molar-refractivity contribution < 1.29 is 9.53 Å². The van der Waals surface area contributed by atoms with Crippen molar-refractivity contribution in [3.63, 3.8) is 0 Å². The van der Waals surface area contributed by atoms with Gasteiger partial charge in [-0.25, -0.2) is 0 Å². The zero-order valence-electron chi connectivity index (χ0n) is 14.3. The molecule has 0 saturated heterocycles. The second-order valence-corrected chi connectivity index (χ2v) is 6.82. The van der Waals surface area contributed by atoms with Gasteiger partial charge in [-0.3, -0.25) is 4.79 Å². The fourth-order valence-electron chi connectivity index (χ4n) is 2.18. The number of benzene rings is 2. The monoisotopic (exact) mass is 344 g/mol. The Morgan fingerprint density at radius 2 is 1.96 bits per heavy atom. The Bertz CT molecular complexity index is 659. The van der Waals surface area contributed by atoms with Crippen LogP contribution in [0.2, 0.25) is 0 Å². The number of carbonyl (C=O) groups excluding carboxylic acids is 1. The number of hydrogen-bond acceptors (Lipinski definition) is 4. The highest BCUT2D eigenvalue weighted by Gasteiger charge is 2.14. The number of anilines is 1. The van der Waals surface area contributed by atoms with E-state index in [1.165, 1.54) is 11.8 Å². The predicted molar refractivity (Wildman–Crippen MR) is 101 cm³/mol. The van der Waals surface area contributed by atoms with Crippen molar-refractivity contribution in [2.45, 2.75) is 30.5 Å². The highest BCUT2D eigenvalue weighted by molar-refractivity contribution is 8.00. The van der Waals surface area contributed by atoms with Gasteiger partial charge in [0.2, 0.25) is 5.91 Å². The van der Waals surface area contributed by atoms with Crippen LogP contribution in [0.5, 0.6) is 5.75 Å². The van der Waals surface area contributed by atoms with Crippen LogP contribution in [-0.4, -0.2) is 24.8 Å². The molecule has 2 aromatic rings. The predicted octanol–water partition coefficient (Wildman–Crippen LogP) is 3.92. The molecule has 0 bridgehead atoms. The lowest BCUT2D eigenvalue weighted by Gasteiger charge is -2.13. The smallest absolute Gasteiger partial charge is 0.237 e. The average Bonchev–Trinajstić information content (AvgIpc) is 2.61. The van der Waals surface area contributed by atoms with E-state index in [1.807, 2.05) is 55.5 Å². The van der Waals surface area contributed by atoms with E-state index in [0.717, 1.165) is 35.0 Å². The minimum atomic E-state index is -0.184. The Kier molecular flexibility index (Phi) is 7.15. The van der Waals surface area contributed by atoms with Crippen LogP contribution >= 0.6 is 11.8 Å². The van der Waals surface area contributed by atoms with Gasteiger partial charge in [-0.2, -0.15) is 0 Å². The zero-order chi connectivity index (χ0) is 17.4. The molecule has 0 fully saturated rings. The SMILES string of the molecule is CCNCc1cccc(NC(=O)C(C)Sc2ccc(OC)cc2)c1. The first-order chi connectivity index (χ1) is 11.6. The fraction of sp³-hybridized carbons (Fsp3) is 0.316. The Hall–Kier alpha value is -1.98. The molecule has 0 aromatic heterocycles. The minimum Gasteiger partial charge on any atom is -0.497 e. The van der Waals surface area contributed by atoms with Gasteiger partial charge in [0.25, 0.3) is 0 Å². The van der Waals surface area contributed by atoms with Gasteiger partial charge in [0.1, 0.15) is 5.75 Å². The van der Waals surface area contributed by atoms with Crippen LogP contribution in [0.25, 0.3) is 0 Å². The quantitative estimate of drug-likeness (QED) is 0.713. The van der Waals surface area contributed by atoms with Gasteiger partial charge in [-0.05, 0) is 55.4 Å². The summed E-state index contributed by atoms with van der Waals surface area (Å²) in [5.41, 5.74) is 1.99. The third-order valence-corrected chi connectivity index (χ3v) is 4.63. The number of amides is 1. The number of nitrogens with one attached hydrogen (secondary N) is 2. The molecule has 0 aliphatic carbocycles. The molecule has 0 aliphatic heterocycles. The van der Waals surface area contributed by atoms with Crippen LogP contribution in [0, 0.1) is 0 Å². The van der Waals surface area contributed by atoms with E-state index in [-0.39, 0.29) is 11.2 Å². The van der Waals surface area contributed by atoms with Crippen LogP contribution in [0.15, 0.2) is 53.4 Å². The fourth-order valence-corrected chi connectivity index (χ4v) is 3.05. The maximum atomic E-state index is 12.4. The Morgan fingerprint density at radius 1 is 1.21 bits per heavy atom. The first-order valence-electron chi connectivity index (χ1n) is 8.03. The molecule has 0 radical (unpaired) electrons. The van der Waals surface area contributed by atoms with Crippen molar-refractivity contribution in [1.29, 1.82) is 0 Å². The standard InChI is InChI=1S/C19H24N2O2S/c1-4-20-13-15-6-5-7-16(12-15)21-19(22)14(2)24-18-10-8-17(23-3)9-11-18/h5-12,14,20H,4,13H2,1-3H3,(H,21,22). The van der Waals surface area contributed by atoms with Crippen LogP contribution in [0.4, 0.5) is 5.69 Å². The van der Waals surface area contributed by atoms with Crippen molar-refractivity contribution >= 4 is 23.4 Å². The molecule has 24 heavy (non-hydrogen) atoms. The van der Waals surface area contributed by atoms with E-state index in [9.17, 15) is 4.79 Å². The van der Waals surface area contributed by atoms with Crippen LogP contribution in [0.1, 0.15) is 19.4 Å². The zero-order valence-corrected chi connectivity index (χ0v) is 15.2. The number of thioether (sulfide) groups is 1. The van der Waals surface area contributed by atoms with Gasteiger partial charge >= 0.3 is 0 Å². The highest BCUT2D eigenvalue weighted by atomic mass is 32.2. The molecule has 128 valence electrons. The van der Waals surface area contributed by atoms with Crippen molar-refractivity contribution in [3.05, 3.63) is 54.1 Å². The first kappa shape index (κ1) is 18.4. The first-order valence-corrected chi connectivity index (χ1v) is 8.91. The molecule has 0 spiro atoms. The second-order valence-electron chi connectivity index (χ2n) is 5.41. The molecule has 2 aromatic carbocycles. The molecule has 0 heterocycles. The molecule has 2 rings (SSSR count). The Labute approximate surface area is 148 Å². The summed E-state index contributed by atoms with van der Waals surface area (Å²) < 4.78 is 5.15. The minimum absolute atomic E-state index is 0.00332. The lowest BCUT2D eigenvalue weighted by atomic mass is 10.2. The average molecular weight is 344 g/mol. The van der Waals surface area contributed by atoms with Gasteiger partial charge in [-0.1, -0.05) is 19.1 Å². The van der Waals surface area contributed by atoms with E-state index in [1.54, 1.807) is 7.11 Å². The molecule has 1 atom stereocenters. The maximum absolute atomic E-state index is 12.4. The van der Waals surface area contributed by atoms with E-state index in [2.05, 4.69) is 17.6 Å². The largest absolute Gasteiger partial charge is 0.497 e. The number of methoxy groups -OCH3 is 1. The number of carbonyl (C=O) groups is 1. The van der Waals surface area contributed by atoms with Gasteiger partial charge in [-0.15, -0.1) is 11.8 Å². The van der Waals surface area contributed by atoms with Gasteiger partial charge in [0, 0.05) is 17.1 Å². The van der Waals surface area contributed by atoms with Crippen molar-refractivity contribution in [2.75, 3.05) is 19.0 Å². The molecule has 0 saturated carbocycles. The van der Waals surface area contributed by atoms with E-state index in [4.69, 9.17) is 4.74 Å². The molecule has 2 N–H and O–H groups in total. The highest BCUT2D eigenvalue weighted by Crippen LogP contribution is 2.26. The summed E-state index contributed by atoms with van der Waals surface area (Å²) in [6, 6.07) is 15.7. The summed E-state index contributed by atoms with van der Waals surface area (Å²) in [5.74, 6) is 0.811. The summed E-state index contributed by atoms with van der Waals surface area (Å²) in [5, 5.41) is 6.09. The third-order valence-electron chi connectivity index (χ3n) is 3.52. The molecule has 1 amide bonds. The van der Waals surface area contributed by atoms with Crippen LogP contribution in [-0.2, 0) is 11.3 Å². The summed E-state index contributed by atoms with van der Waals surface area (Å²) in [7, 11) is 1.64. The number of hydrogen-bond donors (Lipinski definition) is 2. The molecule has 1 unspecified atom stereocenters. The van der Waals surface area contributed by atoms with Crippen molar-refractivity contribution in [1.82, 2.24) is 5.32 Å². The normalized spacial score (nSPS) is 11.8. The van der Waals surface area contributed by atoms with Crippen molar-refractivity contribution in [2.24, 2.45) is 0 Å². The third kappa shape index (κ3) is 5.58. The molecular weight excluding hydrogens is 320 g/mol. The number of rotatable bonds is 8. The Morgan fingerprint density at radius 3 is 2.62 bits per heavy atom. The summed E-state index contributed by atoms with van der Waals surface area (Å²) in [4.78, 5) is 13.4. The maximum Gasteiger partial charge on any atom is 0.237 e. The lowest BCUT2D eigenvalue weighted by Crippen LogP contribution is -2.22. The Balaban J connectivity index is 1.93. The van der Waals surface area contributed by atoms with Crippen LogP contribution in [0.3, 0.4) is 0 Å². The van der Waals surface area contributed by atoms with Crippen LogP contribution < -0.4 is 15.4 Å². The molecular formula is C19H24N2O2S. The van der Waals surface area contributed by atoms with E-state index < -0.39 is 0 Å². The van der Waals surface area contributed by atoms with Crippen molar-refractivity contribution in [3.8, 4) is 5.75 Å². The lowest BCUT2D eigenvalue weighted by molar-refractivity contribution is -0.115. The topological polar surface area (TPSA) is 50.4 Å². The second kappa shape index (κ2) is 9.35. The van der Waals surface area contributed by atoms with Gasteiger partial charge in [0.05, 0.1) is 12.4 Å². The summed E-state index contributed by atoms with van der Waals surface area (Å²) >= 11 is 1.53. The molecule has 0 aliphatic rings. The molecule has 4 nitrogen and oxygen atoms in total.